The zero-order chi connectivity index (χ0) is 48.5. The van der Waals surface area contributed by atoms with E-state index < -0.39 is 5.41 Å². The quantitative estimate of drug-likeness (QED) is 0.172. The normalized spacial score (nSPS) is 13.1. The molecule has 0 atom stereocenters. The van der Waals surface area contributed by atoms with Crippen LogP contribution in [0.2, 0.25) is 0 Å². The van der Waals surface area contributed by atoms with Gasteiger partial charge in [0.2, 0.25) is 0 Å². The van der Waals surface area contributed by atoms with Crippen molar-refractivity contribution < 1.29 is 9.15 Å². The molecule has 16 rings (SSSR count). The standard InChI is InChI=1S/C69H40N2O2S/c1-2-15-41(16-3-1)48-20-14-23-57-66(48)53-34-31-44(38-58(53)69(57)55-21-7-11-26-61(55)73-62-27-12-8-22-56(62)69)68-70-59-24-9-4-19-54(59)67(71-68)47-36-45(42-29-32-50-49-17-5-10-25-60(49)72-63(50)39-42)35-46(37-47)43-30-33-52-51-18-6-13-28-64(51)74-65(52)40-43/h1-40H. The van der Waals surface area contributed by atoms with Gasteiger partial charge in [0, 0.05) is 58.6 Å². The molecule has 0 N–H and O–H groups in total. The average Bonchev–Trinajstić information content (AvgIpc) is 4.18. The van der Waals surface area contributed by atoms with E-state index in [-0.39, 0.29) is 0 Å². The second kappa shape index (κ2) is 15.8. The van der Waals surface area contributed by atoms with Crippen LogP contribution < -0.4 is 4.74 Å². The van der Waals surface area contributed by atoms with Crippen molar-refractivity contribution in [2.45, 2.75) is 5.41 Å². The first-order chi connectivity index (χ1) is 36.6. The molecule has 0 radical (unpaired) electrons. The molecule has 0 saturated heterocycles. The molecular formula is C69H40N2O2S. The lowest BCUT2D eigenvalue weighted by Crippen LogP contribution is -2.32. The summed E-state index contributed by atoms with van der Waals surface area (Å²) in [6, 6.07) is 87.3. The molecule has 1 aliphatic heterocycles. The van der Waals surface area contributed by atoms with Gasteiger partial charge in [-0.15, -0.1) is 11.3 Å². The molecule has 3 aromatic heterocycles. The molecule has 0 saturated carbocycles. The molecule has 0 fully saturated rings. The summed E-state index contributed by atoms with van der Waals surface area (Å²) >= 11 is 1.84. The summed E-state index contributed by atoms with van der Waals surface area (Å²) in [6.07, 6.45) is 0. The Kier molecular flexibility index (Phi) is 8.80. The Hall–Kier alpha value is -9.42. The number of aromatic nitrogens is 2. The van der Waals surface area contributed by atoms with Crippen LogP contribution in [0, 0.1) is 0 Å². The van der Waals surface area contributed by atoms with Crippen molar-refractivity contribution in [3.63, 3.8) is 0 Å². The van der Waals surface area contributed by atoms with Crippen LogP contribution >= 0.6 is 11.3 Å². The van der Waals surface area contributed by atoms with Crippen LogP contribution in [0.1, 0.15) is 22.3 Å². The first-order valence-electron chi connectivity index (χ1n) is 25.1. The van der Waals surface area contributed by atoms with E-state index in [1.54, 1.807) is 0 Å². The topological polar surface area (TPSA) is 48.2 Å². The number of hydrogen-bond donors (Lipinski definition) is 0. The lowest BCUT2D eigenvalue weighted by Gasteiger charge is -2.39. The third-order valence-corrected chi connectivity index (χ3v) is 16.7. The van der Waals surface area contributed by atoms with Gasteiger partial charge in [-0.3, -0.25) is 0 Å². The molecule has 0 unspecified atom stereocenters. The van der Waals surface area contributed by atoms with E-state index in [2.05, 4.69) is 231 Å². The van der Waals surface area contributed by atoms with Gasteiger partial charge in [-0.1, -0.05) is 170 Å². The van der Waals surface area contributed by atoms with E-state index in [0.29, 0.717) is 5.82 Å². The number of para-hydroxylation sites is 4. The summed E-state index contributed by atoms with van der Waals surface area (Å²) in [4.78, 5) is 11.1. The molecule has 1 aliphatic carbocycles. The molecule has 5 heteroatoms. The number of benzene rings is 11. The Morgan fingerprint density at radius 1 is 0.338 bits per heavy atom. The fraction of sp³-hybridized carbons (Fsp3) is 0.0145. The minimum absolute atomic E-state index is 0.659. The smallest absolute Gasteiger partial charge is 0.160 e. The maximum Gasteiger partial charge on any atom is 0.160 e. The van der Waals surface area contributed by atoms with E-state index >= 15 is 0 Å². The van der Waals surface area contributed by atoms with Crippen molar-refractivity contribution in [1.29, 1.82) is 0 Å². The number of fused-ring (bicyclic) bond motifs is 16. The van der Waals surface area contributed by atoms with Crippen LogP contribution in [0.3, 0.4) is 0 Å². The summed E-state index contributed by atoms with van der Waals surface area (Å²) in [5.74, 6) is 2.37. The van der Waals surface area contributed by atoms with E-state index in [9.17, 15) is 0 Å². The molecule has 4 heterocycles. The van der Waals surface area contributed by atoms with E-state index in [0.717, 1.165) is 94.5 Å². The zero-order valence-corrected chi connectivity index (χ0v) is 40.5. The number of ether oxygens (including phenoxy) is 1. The fourth-order valence-corrected chi connectivity index (χ4v) is 13.4. The number of rotatable bonds is 5. The lowest BCUT2D eigenvalue weighted by atomic mass is 9.66. The highest BCUT2D eigenvalue weighted by molar-refractivity contribution is 7.25. The number of furan rings is 1. The lowest BCUT2D eigenvalue weighted by molar-refractivity contribution is 0.436. The highest BCUT2D eigenvalue weighted by Gasteiger charge is 2.51. The SMILES string of the molecule is c1ccc(-c2cccc3c2-c2ccc(-c4nc(-c5cc(-c6ccc7c(c6)oc6ccccc67)cc(-c6ccc7c(c6)sc6ccccc67)c5)c5ccccc5n4)cc2C32c3ccccc3Oc3ccccc32)cc1. The van der Waals surface area contributed by atoms with Crippen molar-refractivity contribution in [2.24, 2.45) is 0 Å². The van der Waals surface area contributed by atoms with Crippen LogP contribution in [-0.2, 0) is 5.41 Å². The number of thiophene rings is 1. The predicted octanol–water partition coefficient (Wildman–Crippen LogP) is 18.7. The molecule has 1 spiro atoms. The Labute approximate surface area is 430 Å². The van der Waals surface area contributed by atoms with E-state index in [4.69, 9.17) is 19.1 Å². The Bertz CT molecular complexity index is 4480. The number of hydrogen-bond acceptors (Lipinski definition) is 5. The van der Waals surface area contributed by atoms with Gasteiger partial charge in [-0.2, -0.15) is 0 Å². The fourth-order valence-electron chi connectivity index (χ4n) is 12.3. The summed E-state index contributed by atoms with van der Waals surface area (Å²) in [6.45, 7) is 0. The van der Waals surface area contributed by atoms with Crippen LogP contribution in [0.25, 0.3) is 120 Å². The number of nitrogens with zero attached hydrogens (tertiary/aromatic N) is 2. The molecule has 0 bridgehead atoms. The average molecular weight is 961 g/mol. The van der Waals surface area contributed by atoms with Crippen molar-refractivity contribution in [3.05, 3.63) is 265 Å². The van der Waals surface area contributed by atoms with Crippen LogP contribution in [0.5, 0.6) is 11.5 Å². The second-order valence-corrected chi connectivity index (χ2v) is 20.6. The second-order valence-electron chi connectivity index (χ2n) is 19.5. The Balaban J connectivity index is 0.929. The molecule has 4 nitrogen and oxygen atoms in total. The maximum atomic E-state index is 6.76. The molecule has 344 valence electrons. The van der Waals surface area contributed by atoms with Gasteiger partial charge in [0.05, 0.1) is 16.6 Å². The minimum Gasteiger partial charge on any atom is -0.457 e. The zero-order valence-electron chi connectivity index (χ0n) is 39.7. The minimum atomic E-state index is -0.684. The highest BCUT2D eigenvalue weighted by Crippen LogP contribution is 2.63. The third-order valence-electron chi connectivity index (χ3n) is 15.5. The van der Waals surface area contributed by atoms with Crippen LogP contribution in [0.4, 0.5) is 0 Å². The van der Waals surface area contributed by atoms with Crippen molar-refractivity contribution in [3.8, 4) is 78.7 Å². The maximum absolute atomic E-state index is 6.76. The van der Waals surface area contributed by atoms with E-state index in [1.165, 1.54) is 53.6 Å². The van der Waals surface area contributed by atoms with Gasteiger partial charge >= 0.3 is 0 Å². The molecule has 2 aliphatic rings. The largest absolute Gasteiger partial charge is 0.457 e. The van der Waals surface area contributed by atoms with Crippen LogP contribution in [0.15, 0.2) is 247 Å². The highest BCUT2D eigenvalue weighted by atomic mass is 32.1. The molecule has 14 aromatic rings. The van der Waals surface area contributed by atoms with Gasteiger partial charge in [0.25, 0.3) is 0 Å². The monoisotopic (exact) mass is 960 g/mol. The van der Waals surface area contributed by atoms with Gasteiger partial charge in [-0.05, 0) is 128 Å². The summed E-state index contributed by atoms with van der Waals surface area (Å²) in [7, 11) is 0. The van der Waals surface area contributed by atoms with Gasteiger partial charge in [-0.25, -0.2) is 9.97 Å². The first-order valence-corrected chi connectivity index (χ1v) is 25.9. The Morgan fingerprint density at radius 2 is 0.959 bits per heavy atom. The molecular weight excluding hydrogens is 921 g/mol. The van der Waals surface area contributed by atoms with Crippen molar-refractivity contribution >= 4 is 64.4 Å². The molecule has 11 aromatic carbocycles. The summed E-state index contributed by atoms with van der Waals surface area (Å²) < 4.78 is 15.8. The van der Waals surface area contributed by atoms with Crippen molar-refractivity contribution in [2.75, 3.05) is 0 Å². The predicted molar refractivity (Wildman–Crippen MR) is 304 cm³/mol. The van der Waals surface area contributed by atoms with Gasteiger partial charge < -0.3 is 9.15 Å². The van der Waals surface area contributed by atoms with Crippen LogP contribution in [-0.4, -0.2) is 9.97 Å². The summed E-state index contributed by atoms with van der Waals surface area (Å²) in [5, 5.41) is 5.76. The van der Waals surface area contributed by atoms with Gasteiger partial charge in [0.15, 0.2) is 5.82 Å². The molecule has 74 heavy (non-hydrogen) atoms. The first kappa shape index (κ1) is 41.2. The van der Waals surface area contributed by atoms with Gasteiger partial charge in [0.1, 0.15) is 22.7 Å². The molecule has 0 amide bonds. The Morgan fingerprint density at radius 3 is 1.78 bits per heavy atom. The third kappa shape index (κ3) is 6.02. The van der Waals surface area contributed by atoms with E-state index in [1.807, 2.05) is 23.5 Å². The summed E-state index contributed by atoms with van der Waals surface area (Å²) in [5.41, 5.74) is 18.5. The van der Waals surface area contributed by atoms with Crippen molar-refractivity contribution in [1.82, 2.24) is 9.97 Å².